The van der Waals surface area contributed by atoms with Gasteiger partial charge in [0.25, 0.3) is 10.0 Å². The predicted molar refractivity (Wildman–Crippen MR) is 94.8 cm³/mol. The van der Waals surface area contributed by atoms with Gasteiger partial charge in [0.15, 0.2) is 17.3 Å². The van der Waals surface area contributed by atoms with Crippen LogP contribution in [0.5, 0.6) is 11.5 Å². The smallest absolute Gasteiger partial charge is 0.263 e. The number of anilines is 1. The third-order valence-electron chi connectivity index (χ3n) is 4.12. The first-order valence-corrected chi connectivity index (χ1v) is 9.95. The maximum absolute atomic E-state index is 12.6. The maximum Gasteiger partial charge on any atom is 0.263 e. The van der Waals surface area contributed by atoms with Crippen molar-refractivity contribution in [2.24, 2.45) is 0 Å². The van der Waals surface area contributed by atoms with E-state index < -0.39 is 10.0 Å². The van der Waals surface area contributed by atoms with E-state index in [-0.39, 0.29) is 10.7 Å². The van der Waals surface area contributed by atoms with Crippen LogP contribution in [0.2, 0.25) is 0 Å². The molecule has 2 heterocycles. The standard InChI is InChI=1S/C17H23N3O4S/c1-3-5-12(2)14-11-17(19-18-14)20-25(21,22)13-6-7-15-16(10-13)24-9-4-8-23-15/h6-7,10-12H,3-5,8-9H2,1-2H3,(H2,18,19,20)/t12-/m1/s1. The Bertz CT molecular complexity index is 832. The number of nitrogens with one attached hydrogen (secondary N) is 2. The number of aromatic amines is 1. The van der Waals surface area contributed by atoms with Crippen LogP contribution < -0.4 is 14.2 Å². The lowest BCUT2D eigenvalue weighted by Crippen LogP contribution is -2.13. The summed E-state index contributed by atoms with van der Waals surface area (Å²) in [4.78, 5) is 0.114. The van der Waals surface area contributed by atoms with E-state index in [0.717, 1.165) is 25.0 Å². The van der Waals surface area contributed by atoms with Crippen molar-refractivity contribution in [3.63, 3.8) is 0 Å². The second kappa shape index (κ2) is 7.35. The molecule has 136 valence electrons. The molecule has 2 aromatic rings. The van der Waals surface area contributed by atoms with Crippen molar-refractivity contribution >= 4 is 15.8 Å². The Morgan fingerprint density at radius 1 is 1.24 bits per heavy atom. The van der Waals surface area contributed by atoms with E-state index in [4.69, 9.17) is 9.47 Å². The van der Waals surface area contributed by atoms with Crippen molar-refractivity contribution < 1.29 is 17.9 Å². The number of rotatable bonds is 6. The SMILES string of the molecule is CCC[C@@H](C)c1cc(NS(=O)(=O)c2ccc3c(c2)OCCCO3)n[nH]1. The number of H-pyrrole nitrogens is 1. The Balaban J connectivity index is 1.79. The fourth-order valence-electron chi connectivity index (χ4n) is 2.74. The molecule has 0 fully saturated rings. The number of ether oxygens (including phenoxy) is 2. The number of fused-ring (bicyclic) bond motifs is 1. The monoisotopic (exact) mass is 365 g/mol. The van der Waals surface area contributed by atoms with Crippen molar-refractivity contribution in [1.29, 1.82) is 0 Å². The van der Waals surface area contributed by atoms with E-state index in [1.807, 2.05) is 0 Å². The largest absolute Gasteiger partial charge is 0.490 e. The Morgan fingerprint density at radius 2 is 2.00 bits per heavy atom. The highest BCUT2D eigenvalue weighted by Gasteiger charge is 2.20. The van der Waals surface area contributed by atoms with Crippen LogP contribution >= 0.6 is 0 Å². The Kier molecular flexibility index (Phi) is 5.17. The van der Waals surface area contributed by atoms with Gasteiger partial charge in [-0.1, -0.05) is 20.3 Å². The summed E-state index contributed by atoms with van der Waals surface area (Å²) in [5.74, 6) is 1.59. The zero-order valence-electron chi connectivity index (χ0n) is 14.4. The zero-order chi connectivity index (χ0) is 17.9. The first-order valence-electron chi connectivity index (χ1n) is 8.47. The molecule has 1 atom stereocenters. The summed E-state index contributed by atoms with van der Waals surface area (Å²) in [6, 6.07) is 6.34. The van der Waals surface area contributed by atoms with Crippen LogP contribution in [0.1, 0.15) is 44.7 Å². The van der Waals surface area contributed by atoms with Crippen LogP contribution in [0.4, 0.5) is 5.82 Å². The molecule has 0 spiro atoms. The average molecular weight is 365 g/mol. The van der Waals surface area contributed by atoms with E-state index in [1.165, 1.54) is 12.1 Å². The third kappa shape index (κ3) is 4.07. The molecule has 8 heteroatoms. The van der Waals surface area contributed by atoms with Gasteiger partial charge in [-0.3, -0.25) is 9.82 Å². The second-order valence-corrected chi connectivity index (χ2v) is 7.85. The fraction of sp³-hybridized carbons (Fsp3) is 0.471. The molecule has 0 saturated carbocycles. The summed E-state index contributed by atoms with van der Waals surface area (Å²) < 4.78 is 38.8. The van der Waals surface area contributed by atoms with Crippen molar-refractivity contribution in [3.8, 4) is 11.5 Å². The quantitative estimate of drug-likeness (QED) is 0.819. The minimum absolute atomic E-state index is 0.114. The number of benzene rings is 1. The molecule has 1 aliphatic heterocycles. The lowest BCUT2D eigenvalue weighted by atomic mass is 10.0. The molecule has 3 rings (SSSR count). The molecule has 1 aromatic heterocycles. The molecule has 0 radical (unpaired) electrons. The van der Waals surface area contributed by atoms with Gasteiger partial charge in [-0.05, 0) is 24.5 Å². The van der Waals surface area contributed by atoms with Crippen molar-refractivity contribution in [2.75, 3.05) is 17.9 Å². The van der Waals surface area contributed by atoms with Crippen LogP contribution in [0.25, 0.3) is 0 Å². The van der Waals surface area contributed by atoms with Gasteiger partial charge in [-0.15, -0.1) is 0 Å². The summed E-state index contributed by atoms with van der Waals surface area (Å²) in [5.41, 5.74) is 0.915. The Labute approximate surface area is 147 Å². The Hall–Kier alpha value is -2.22. The first kappa shape index (κ1) is 17.6. The van der Waals surface area contributed by atoms with E-state index in [9.17, 15) is 8.42 Å². The maximum atomic E-state index is 12.6. The van der Waals surface area contributed by atoms with E-state index in [0.29, 0.717) is 30.6 Å². The predicted octanol–water partition coefficient (Wildman–Crippen LogP) is 3.28. The molecule has 25 heavy (non-hydrogen) atoms. The zero-order valence-corrected chi connectivity index (χ0v) is 15.2. The summed E-state index contributed by atoms with van der Waals surface area (Å²) in [7, 11) is -3.75. The summed E-state index contributed by atoms with van der Waals surface area (Å²) >= 11 is 0. The summed E-state index contributed by atoms with van der Waals surface area (Å²) in [6.45, 7) is 5.25. The highest BCUT2D eigenvalue weighted by Crippen LogP contribution is 2.32. The van der Waals surface area contributed by atoms with E-state index >= 15 is 0 Å². The van der Waals surface area contributed by atoms with Crippen molar-refractivity contribution in [3.05, 3.63) is 30.0 Å². The van der Waals surface area contributed by atoms with Gasteiger partial charge in [0.1, 0.15) is 0 Å². The van der Waals surface area contributed by atoms with Crippen molar-refractivity contribution in [1.82, 2.24) is 10.2 Å². The van der Waals surface area contributed by atoms with E-state index in [2.05, 4.69) is 28.8 Å². The lowest BCUT2D eigenvalue weighted by Gasteiger charge is -2.10. The van der Waals surface area contributed by atoms with Gasteiger partial charge in [0.05, 0.1) is 18.1 Å². The molecule has 0 unspecified atom stereocenters. The van der Waals surface area contributed by atoms with Crippen LogP contribution in [-0.4, -0.2) is 31.8 Å². The lowest BCUT2D eigenvalue weighted by molar-refractivity contribution is 0.297. The van der Waals surface area contributed by atoms with Gasteiger partial charge < -0.3 is 9.47 Å². The highest BCUT2D eigenvalue weighted by atomic mass is 32.2. The first-order chi connectivity index (χ1) is 12.0. The molecule has 1 aromatic carbocycles. The Morgan fingerprint density at radius 3 is 2.76 bits per heavy atom. The van der Waals surface area contributed by atoms with Crippen molar-refractivity contribution in [2.45, 2.75) is 43.9 Å². The van der Waals surface area contributed by atoms with Gasteiger partial charge in [-0.2, -0.15) is 5.10 Å². The molecular formula is C17H23N3O4S. The normalized spacial score (nSPS) is 15.4. The number of nitrogens with zero attached hydrogens (tertiary/aromatic N) is 1. The number of aromatic nitrogens is 2. The minimum Gasteiger partial charge on any atom is -0.490 e. The van der Waals surface area contributed by atoms with Gasteiger partial charge in [-0.25, -0.2) is 8.42 Å². The number of sulfonamides is 1. The van der Waals surface area contributed by atoms with Crippen LogP contribution in [0.3, 0.4) is 0 Å². The average Bonchev–Trinajstić information content (AvgIpc) is 2.90. The fourth-order valence-corrected chi connectivity index (χ4v) is 3.74. The molecule has 0 saturated heterocycles. The number of hydrogen-bond donors (Lipinski definition) is 2. The number of hydrogen-bond acceptors (Lipinski definition) is 5. The summed E-state index contributed by atoms with van der Waals surface area (Å²) in [5, 5.41) is 6.96. The second-order valence-electron chi connectivity index (χ2n) is 6.16. The van der Waals surface area contributed by atoms with Crippen LogP contribution in [0, 0.1) is 0 Å². The molecule has 0 aliphatic carbocycles. The molecular weight excluding hydrogens is 342 g/mol. The van der Waals surface area contributed by atoms with Gasteiger partial charge >= 0.3 is 0 Å². The van der Waals surface area contributed by atoms with Gasteiger partial charge in [0, 0.05) is 24.2 Å². The van der Waals surface area contributed by atoms with Gasteiger partial charge in [0.2, 0.25) is 0 Å². The molecule has 0 bridgehead atoms. The van der Waals surface area contributed by atoms with Crippen LogP contribution in [0.15, 0.2) is 29.2 Å². The molecule has 1 aliphatic rings. The molecule has 2 N–H and O–H groups in total. The molecule has 0 amide bonds. The third-order valence-corrected chi connectivity index (χ3v) is 5.47. The minimum atomic E-state index is -3.75. The van der Waals surface area contributed by atoms with E-state index in [1.54, 1.807) is 12.1 Å². The van der Waals surface area contributed by atoms with Crippen LogP contribution in [-0.2, 0) is 10.0 Å². The summed E-state index contributed by atoms with van der Waals surface area (Å²) in [6.07, 6.45) is 2.83. The molecule has 7 nitrogen and oxygen atoms in total. The topological polar surface area (TPSA) is 93.3 Å². The highest BCUT2D eigenvalue weighted by molar-refractivity contribution is 7.92.